The van der Waals surface area contributed by atoms with Gasteiger partial charge in [-0.25, -0.2) is 0 Å². The van der Waals surface area contributed by atoms with Crippen LogP contribution in [0.1, 0.15) is 6.42 Å². The third-order valence-electron chi connectivity index (χ3n) is 3.30. The molecule has 0 bridgehead atoms. The number of hydrogen-bond donors (Lipinski definition) is 1. The van der Waals surface area contributed by atoms with E-state index < -0.39 is 0 Å². The number of rotatable bonds is 3. The van der Waals surface area contributed by atoms with Gasteiger partial charge in [0.25, 0.3) is 0 Å². The van der Waals surface area contributed by atoms with Crippen LogP contribution in [0.2, 0.25) is 0 Å². The third-order valence-corrected chi connectivity index (χ3v) is 3.79. The lowest BCUT2D eigenvalue weighted by atomic mass is 10.1. The fraction of sp³-hybridized carbons (Fsp3) is 0.357. The lowest BCUT2D eigenvalue weighted by Gasteiger charge is -2.14. The summed E-state index contributed by atoms with van der Waals surface area (Å²) in [5, 5.41) is 0.938. The highest BCUT2D eigenvalue weighted by Crippen LogP contribution is 2.32. The quantitative estimate of drug-likeness (QED) is 0.943. The fourth-order valence-electron chi connectivity index (χ4n) is 2.23. The number of benzene rings is 1. The zero-order valence-electron chi connectivity index (χ0n) is 10.4. The van der Waals surface area contributed by atoms with Crippen molar-refractivity contribution < 1.29 is 9.47 Å². The molecule has 1 aliphatic rings. The number of nitrogens with zero attached hydrogens (tertiary/aromatic N) is 1. The van der Waals surface area contributed by atoms with E-state index in [-0.39, 0.29) is 0 Å². The van der Waals surface area contributed by atoms with E-state index in [2.05, 4.69) is 20.9 Å². The van der Waals surface area contributed by atoms with Gasteiger partial charge in [0.1, 0.15) is 0 Å². The average Bonchev–Trinajstić information content (AvgIpc) is 2.91. The molecule has 2 heterocycles. The Labute approximate surface area is 120 Å². The first kappa shape index (κ1) is 12.7. The number of nitrogen functional groups attached to an aromatic ring is 1. The second-order valence-corrected chi connectivity index (χ2v) is 5.66. The number of pyridine rings is 1. The highest BCUT2D eigenvalue weighted by Gasteiger charge is 2.17. The Morgan fingerprint density at radius 3 is 3.16 bits per heavy atom. The predicted molar refractivity (Wildman–Crippen MR) is 78.3 cm³/mol. The van der Waals surface area contributed by atoms with Gasteiger partial charge < -0.3 is 15.2 Å². The van der Waals surface area contributed by atoms with Crippen LogP contribution in [0.15, 0.2) is 28.9 Å². The van der Waals surface area contributed by atoms with Crippen molar-refractivity contribution in [2.75, 3.05) is 25.6 Å². The molecule has 0 saturated carbocycles. The third kappa shape index (κ3) is 2.67. The molecule has 1 aromatic heterocycles. The summed E-state index contributed by atoms with van der Waals surface area (Å²) >= 11 is 3.46. The van der Waals surface area contributed by atoms with Crippen LogP contribution in [-0.2, 0) is 4.74 Å². The number of ether oxygens (including phenoxy) is 2. The number of nitrogens with two attached hydrogens (primary N) is 1. The maximum Gasteiger partial charge on any atom is 0.153 e. The maximum atomic E-state index is 5.99. The smallest absolute Gasteiger partial charge is 0.153 e. The Bertz CT molecular complexity index is 592. The Morgan fingerprint density at radius 1 is 1.47 bits per heavy atom. The van der Waals surface area contributed by atoms with E-state index in [1.54, 1.807) is 6.20 Å². The Kier molecular flexibility index (Phi) is 3.57. The average molecular weight is 323 g/mol. The lowest BCUT2D eigenvalue weighted by Crippen LogP contribution is -2.12. The topological polar surface area (TPSA) is 57.4 Å². The molecule has 1 aromatic carbocycles. The largest absolute Gasteiger partial charge is 0.490 e. The molecule has 2 N–H and O–H groups in total. The Morgan fingerprint density at radius 2 is 2.37 bits per heavy atom. The van der Waals surface area contributed by atoms with Crippen LogP contribution in [0.5, 0.6) is 5.75 Å². The van der Waals surface area contributed by atoms with Gasteiger partial charge in [0.05, 0.1) is 30.6 Å². The van der Waals surface area contributed by atoms with Crippen LogP contribution < -0.4 is 10.5 Å². The van der Waals surface area contributed by atoms with E-state index in [1.165, 1.54) is 0 Å². The van der Waals surface area contributed by atoms with E-state index in [1.807, 2.05) is 18.2 Å². The first-order valence-electron chi connectivity index (χ1n) is 6.28. The molecule has 100 valence electrons. The number of fused-ring (bicyclic) bond motifs is 1. The lowest BCUT2D eigenvalue weighted by molar-refractivity contribution is 0.168. The van der Waals surface area contributed by atoms with Crippen molar-refractivity contribution in [1.82, 2.24) is 4.98 Å². The highest BCUT2D eigenvalue weighted by atomic mass is 79.9. The van der Waals surface area contributed by atoms with Gasteiger partial charge in [0.15, 0.2) is 5.75 Å². The first-order chi connectivity index (χ1) is 9.24. The summed E-state index contributed by atoms with van der Waals surface area (Å²) in [5.41, 5.74) is 7.45. The van der Waals surface area contributed by atoms with Crippen LogP contribution in [0, 0.1) is 5.92 Å². The first-order valence-corrected chi connectivity index (χ1v) is 7.07. The van der Waals surface area contributed by atoms with Gasteiger partial charge in [-0.2, -0.15) is 0 Å². The second-order valence-electron chi connectivity index (χ2n) is 4.74. The van der Waals surface area contributed by atoms with Gasteiger partial charge in [-0.05, 0) is 24.6 Å². The van der Waals surface area contributed by atoms with Gasteiger partial charge >= 0.3 is 0 Å². The summed E-state index contributed by atoms with van der Waals surface area (Å²) in [4.78, 5) is 4.31. The normalized spacial score (nSPS) is 18.9. The molecule has 1 atom stereocenters. The zero-order valence-corrected chi connectivity index (χ0v) is 12.0. The van der Waals surface area contributed by atoms with Crippen LogP contribution in [0.4, 0.5) is 5.69 Å². The highest BCUT2D eigenvalue weighted by molar-refractivity contribution is 9.10. The predicted octanol–water partition coefficient (Wildman–Crippen LogP) is 2.99. The van der Waals surface area contributed by atoms with Crippen LogP contribution in [-0.4, -0.2) is 24.8 Å². The van der Waals surface area contributed by atoms with Crippen molar-refractivity contribution in [2.45, 2.75) is 6.42 Å². The Balaban J connectivity index is 1.91. The summed E-state index contributed by atoms with van der Waals surface area (Å²) in [6.45, 7) is 2.23. The molecule has 4 nitrogen and oxygen atoms in total. The Hall–Kier alpha value is -1.33. The molecule has 19 heavy (non-hydrogen) atoms. The van der Waals surface area contributed by atoms with Crippen LogP contribution >= 0.6 is 15.9 Å². The van der Waals surface area contributed by atoms with Crippen molar-refractivity contribution in [3.63, 3.8) is 0 Å². The molecule has 0 aliphatic carbocycles. The van der Waals surface area contributed by atoms with Crippen molar-refractivity contribution in [3.8, 4) is 5.75 Å². The van der Waals surface area contributed by atoms with Crippen molar-refractivity contribution in [1.29, 1.82) is 0 Å². The number of anilines is 1. The van der Waals surface area contributed by atoms with Crippen LogP contribution in [0.25, 0.3) is 10.9 Å². The summed E-state index contributed by atoms with van der Waals surface area (Å²) in [6.07, 6.45) is 2.70. The summed E-state index contributed by atoms with van der Waals surface area (Å²) in [5.74, 6) is 1.17. The van der Waals surface area contributed by atoms with E-state index >= 15 is 0 Å². The van der Waals surface area contributed by atoms with Crippen LogP contribution in [0.3, 0.4) is 0 Å². The minimum absolute atomic E-state index is 0.453. The molecule has 5 heteroatoms. The molecule has 1 unspecified atom stereocenters. The number of hydrogen-bond acceptors (Lipinski definition) is 4. The number of aromatic nitrogens is 1. The van der Waals surface area contributed by atoms with Gasteiger partial charge in [-0.1, -0.05) is 15.9 Å². The summed E-state index contributed by atoms with van der Waals surface area (Å²) < 4.78 is 12.3. The van der Waals surface area contributed by atoms with Crippen molar-refractivity contribution in [3.05, 3.63) is 28.9 Å². The summed E-state index contributed by atoms with van der Waals surface area (Å²) in [6, 6.07) is 5.89. The molecule has 1 aliphatic heterocycles. The molecule has 3 rings (SSSR count). The molecule has 0 spiro atoms. The number of halogens is 1. The molecular formula is C14H15BrN2O2. The molecule has 0 radical (unpaired) electrons. The van der Waals surface area contributed by atoms with E-state index in [9.17, 15) is 0 Å². The van der Waals surface area contributed by atoms with Crippen molar-refractivity contribution in [2.24, 2.45) is 5.92 Å². The maximum absolute atomic E-state index is 5.99. The summed E-state index contributed by atoms with van der Waals surface area (Å²) in [7, 11) is 0. The van der Waals surface area contributed by atoms with Crippen molar-refractivity contribution >= 4 is 32.5 Å². The molecular weight excluding hydrogens is 308 g/mol. The minimum Gasteiger partial charge on any atom is -0.490 e. The molecule has 1 fully saturated rings. The van der Waals surface area contributed by atoms with Gasteiger partial charge in [0.2, 0.25) is 0 Å². The zero-order chi connectivity index (χ0) is 13.2. The van der Waals surface area contributed by atoms with Gasteiger partial charge in [0, 0.05) is 22.4 Å². The van der Waals surface area contributed by atoms with E-state index in [0.717, 1.165) is 40.8 Å². The molecule has 0 amide bonds. The second kappa shape index (κ2) is 5.35. The van der Waals surface area contributed by atoms with E-state index in [0.29, 0.717) is 18.2 Å². The monoisotopic (exact) mass is 322 g/mol. The SMILES string of the molecule is Nc1cnc2ccc(Br)cc2c1OCC1CCOC1. The fourth-order valence-corrected chi connectivity index (χ4v) is 2.59. The minimum atomic E-state index is 0.453. The van der Waals surface area contributed by atoms with Gasteiger partial charge in [-0.15, -0.1) is 0 Å². The standard InChI is InChI=1S/C14H15BrN2O2/c15-10-1-2-13-11(5-10)14(12(16)6-17-13)19-8-9-3-4-18-7-9/h1-2,5-6,9H,3-4,7-8,16H2. The van der Waals surface area contributed by atoms with Gasteiger partial charge in [-0.3, -0.25) is 4.98 Å². The molecule has 2 aromatic rings. The molecule has 1 saturated heterocycles. The van der Waals surface area contributed by atoms with E-state index in [4.69, 9.17) is 15.2 Å².